The van der Waals surface area contributed by atoms with E-state index in [1.54, 1.807) is 11.8 Å². The van der Waals surface area contributed by atoms with Crippen molar-refractivity contribution in [2.45, 2.75) is 80.2 Å². The number of nitrogens with zero attached hydrogens (tertiary/aromatic N) is 4. The predicted octanol–water partition coefficient (Wildman–Crippen LogP) is 4.52. The van der Waals surface area contributed by atoms with Crippen LogP contribution in [0, 0.1) is 0 Å². The van der Waals surface area contributed by atoms with E-state index in [1.165, 1.54) is 45.3 Å². The van der Waals surface area contributed by atoms with Gasteiger partial charge in [0.1, 0.15) is 10.8 Å². The van der Waals surface area contributed by atoms with Gasteiger partial charge >= 0.3 is 0 Å². The second kappa shape index (κ2) is 14.8. The Morgan fingerprint density at radius 3 is 2.50 bits per heavy atom. The lowest BCUT2D eigenvalue weighted by Gasteiger charge is -2.37. The van der Waals surface area contributed by atoms with Gasteiger partial charge in [-0.1, -0.05) is 43.5 Å². The highest BCUT2D eigenvalue weighted by Gasteiger charge is 2.26. The maximum absolute atomic E-state index is 12.5. The number of rotatable bonds is 13. The zero-order valence-electron chi connectivity index (χ0n) is 23.0. The first-order valence-corrected chi connectivity index (χ1v) is 15.2. The van der Waals surface area contributed by atoms with Gasteiger partial charge in [-0.15, -0.1) is 0 Å². The van der Waals surface area contributed by atoms with E-state index in [2.05, 4.69) is 37.3 Å². The summed E-state index contributed by atoms with van der Waals surface area (Å²) in [6.07, 6.45) is 13.3. The average molecular weight is 540 g/mol. The minimum atomic E-state index is -0.0785. The molecule has 4 rings (SSSR count). The molecule has 3 heterocycles. The van der Waals surface area contributed by atoms with Gasteiger partial charge in [-0.25, -0.2) is 9.97 Å². The van der Waals surface area contributed by atoms with E-state index in [1.807, 2.05) is 36.7 Å². The number of anilines is 2. The Kier molecular flexibility index (Phi) is 11.2. The third-order valence-corrected chi connectivity index (χ3v) is 8.43. The van der Waals surface area contributed by atoms with Crippen molar-refractivity contribution >= 4 is 29.2 Å². The molecular formula is C29H45N7OS. The summed E-state index contributed by atoms with van der Waals surface area (Å²) >= 11 is 1.55. The van der Waals surface area contributed by atoms with Gasteiger partial charge in [-0.05, 0) is 57.4 Å². The molecule has 9 heteroatoms. The molecule has 2 aromatic rings. The predicted molar refractivity (Wildman–Crippen MR) is 157 cm³/mol. The number of amides is 1. The normalized spacial score (nSPS) is 17.9. The van der Waals surface area contributed by atoms with Crippen LogP contribution in [-0.4, -0.2) is 72.1 Å². The minimum Gasteiger partial charge on any atom is -0.355 e. The number of carbonyl (C=O) groups excluding carboxylic acids is 1. The number of aromatic nitrogens is 2. The Morgan fingerprint density at radius 2 is 1.76 bits per heavy atom. The second-order valence-corrected chi connectivity index (χ2v) is 12.1. The van der Waals surface area contributed by atoms with Crippen molar-refractivity contribution < 1.29 is 4.79 Å². The highest BCUT2D eigenvalue weighted by molar-refractivity contribution is 7.99. The molecule has 2 aliphatic rings. The van der Waals surface area contributed by atoms with Gasteiger partial charge in [-0.2, -0.15) is 0 Å². The number of nitrogens with one attached hydrogen (secondary N) is 2. The van der Waals surface area contributed by atoms with Crippen molar-refractivity contribution in [1.82, 2.24) is 20.2 Å². The summed E-state index contributed by atoms with van der Waals surface area (Å²) in [4.78, 5) is 27.5. The Morgan fingerprint density at radius 1 is 1.03 bits per heavy atom. The molecule has 2 aliphatic heterocycles. The van der Waals surface area contributed by atoms with E-state index >= 15 is 0 Å². The number of hydrogen-bond acceptors (Lipinski definition) is 8. The SMILES string of the molecule is CC1(N)CCN(c2cnc(Sc3cccc(NC(=O)CCCCCCCCN4CCNCC4)c3)cn2)CC1. The summed E-state index contributed by atoms with van der Waals surface area (Å²) < 4.78 is 0. The molecule has 1 aromatic heterocycles. The van der Waals surface area contributed by atoms with Crippen molar-refractivity contribution in [3.8, 4) is 0 Å². The highest BCUT2D eigenvalue weighted by atomic mass is 32.2. The van der Waals surface area contributed by atoms with Gasteiger partial charge in [0.05, 0.1) is 12.4 Å². The quantitative estimate of drug-likeness (QED) is 0.320. The van der Waals surface area contributed by atoms with Gasteiger partial charge in [0.2, 0.25) is 5.91 Å². The fraction of sp³-hybridized carbons (Fsp3) is 0.621. The molecule has 8 nitrogen and oxygen atoms in total. The smallest absolute Gasteiger partial charge is 0.224 e. The van der Waals surface area contributed by atoms with Crippen molar-refractivity contribution in [3.63, 3.8) is 0 Å². The van der Waals surface area contributed by atoms with Crippen molar-refractivity contribution in [3.05, 3.63) is 36.7 Å². The number of hydrogen-bond donors (Lipinski definition) is 3. The zero-order valence-corrected chi connectivity index (χ0v) is 23.8. The van der Waals surface area contributed by atoms with E-state index in [-0.39, 0.29) is 11.4 Å². The topological polar surface area (TPSA) is 99.4 Å². The van der Waals surface area contributed by atoms with E-state index in [4.69, 9.17) is 5.73 Å². The summed E-state index contributed by atoms with van der Waals surface area (Å²) in [6.45, 7) is 9.79. The Hall–Kier alpha value is -2.20. The lowest BCUT2D eigenvalue weighted by molar-refractivity contribution is -0.116. The van der Waals surface area contributed by atoms with E-state index in [0.717, 1.165) is 73.3 Å². The molecule has 0 atom stereocenters. The summed E-state index contributed by atoms with van der Waals surface area (Å²) in [5, 5.41) is 7.30. The number of piperazine rings is 1. The van der Waals surface area contributed by atoms with Crippen LogP contribution in [0.15, 0.2) is 46.6 Å². The van der Waals surface area contributed by atoms with Crippen molar-refractivity contribution in [2.75, 3.05) is 56.0 Å². The Labute approximate surface area is 232 Å². The molecule has 2 saturated heterocycles. The first kappa shape index (κ1) is 28.8. The van der Waals surface area contributed by atoms with Crippen LogP contribution in [0.25, 0.3) is 0 Å². The van der Waals surface area contributed by atoms with Crippen LogP contribution in [0.5, 0.6) is 0 Å². The first-order valence-electron chi connectivity index (χ1n) is 14.3. The molecule has 1 aromatic carbocycles. The average Bonchev–Trinajstić information content (AvgIpc) is 2.91. The van der Waals surface area contributed by atoms with Crippen LogP contribution in [-0.2, 0) is 4.79 Å². The molecule has 0 aliphatic carbocycles. The number of carbonyl (C=O) groups is 1. The third-order valence-electron chi connectivity index (χ3n) is 7.52. The molecule has 0 saturated carbocycles. The van der Waals surface area contributed by atoms with Gasteiger partial charge in [-0.3, -0.25) is 4.79 Å². The fourth-order valence-corrected chi connectivity index (χ4v) is 5.80. The lowest BCUT2D eigenvalue weighted by Crippen LogP contribution is -2.48. The molecule has 0 unspecified atom stereocenters. The number of unbranched alkanes of at least 4 members (excludes halogenated alkanes) is 5. The van der Waals surface area contributed by atoms with E-state index in [0.29, 0.717) is 6.42 Å². The zero-order chi connectivity index (χ0) is 26.6. The number of piperidine rings is 1. The lowest BCUT2D eigenvalue weighted by atomic mass is 9.91. The van der Waals surface area contributed by atoms with Crippen LogP contribution in [0.3, 0.4) is 0 Å². The standard InChI is InChI=1S/C29H45N7OS/c1-29(30)12-17-36(18-13-29)26-22-33-28(23-32-26)38-25-10-8-9-24(21-25)34-27(37)11-6-4-2-3-5-7-16-35-19-14-31-15-20-35/h8-10,21-23,31H,2-7,11-20,30H2,1H3,(H,34,37). The molecule has 2 fully saturated rings. The highest BCUT2D eigenvalue weighted by Crippen LogP contribution is 2.29. The van der Waals surface area contributed by atoms with E-state index in [9.17, 15) is 4.79 Å². The third kappa shape index (κ3) is 9.84. The van der Waals surface area contributed by atoms with Crippen molar-refractivity contribution in [1.29, 1.82) is 0 Å². The number of nitrogens with two attached hydrogens (primary N) is 1. The Bertz CT molecular complexity index is 985. The van der Waals surface area contributed by atoms with E-state index < -0.39 is 0 Å². The monoisotopic (exact) mass is 539 g/mol. The molecule has 0 bridgehead atoms. The maximum atomic E-state index is 12.5. The minimum absolute atomic E-state index is 0.0785. The summed E-state index contributed by atoms with van der Waals surface area (Å²) in [5.41, 5.74) is 7.00. The maximum Gasteiger partial charge on any atom is 0.224 e. The summed E-state index contributed by atoms with van der Waals surface area (Å²) in [7, 11) is 0. The number of benzene rings is 1. The molecule has 4 N–H and O–H groups in total. The molecule has 38 heavy (non-hydrogen) atoms. The van der Waals surface area contributed by atoms with Gasteiger partial charge in [0, 0.05) is 61.8 Å². The summed E-state index contributed by atoms with van der Waals surface area (Å²) in [5.74, 6) is 0.992. The van der Waals surface area contributed by atoms with Gasteiger partial charge in [0.15, 0.2) is 0 Å². The van der Waals surface area contributed by atoms with Crippen molar-refractivity contribution in [2.24, 2.45) is 5.73 Å². The van der Waals surface area contributed by atoms with Crippen LogP contribution in [0.4, 0.5) is 11.5 Å². The van der Waals surface area contributed by atoms with Gasteiger partial charge < -0.3 is 26.2 Å². The summed E-state index contributed by atoms with van der Waals surface area (Å²) in [6, 6.07) is 7.95. The van der Waals surface area contributed by atoms with Crippen LogP contribution in [0.1, 0.15) is 64.7 Å². The second-order valence-electron chi connectivity index (χ2n) is 11.0. The molecule has 0 spiro atoms. The molecular weight excluding hydrogens is 494 g/mol. The van der Waals surface area contributed by atoms with Gasteiger partial charge in [0.25, 0.3) is 0 Å². The van der Waals surface area contributed by atoms with Crippen LogP contribution in [0.2, 0.25) is 0 Å². The largest absolute Gasteiger partial charge is 0.355 e. The first-order chi connectivity index (χ1) is 18.5. The Balaban J connectivity index is 1.11. The van der Waals surface area contributed by atoms with Crippen LogP contribution >= 0.6 is 11.8 Å². The fourth-order valence-electron chi connectivity index (χ4n) is 5.02. The van der Waals surface area contributed by atoms with Crippen LogP contribution < -0.4 is 21.3 Å². The molecule has 0 radical (unpaired) electrons. The molecule has 208 valence electrons. The molecule has 1 amide bonds.